The average Bonchev–Trinajstić information content (AvgIpc) is 2.91. The van der Waals surface area contributed by atoms with Gasteiger partial charge in [-0.05, 0) is 43.2 Å². The summed E-state index contributed by atoms with van der Waals surface area (Å²) in [7, 11) is 0. The molecule has 2 aliphatic rings. The van der Waals surface area contributed by atoms with Crippen LogP contribution < -0.4 is 11.1 Å². The van der Waals surface area contributed by atoms with Crippen LogP contribution in [0.5, 0.6) is 0 Å². The summed E-state index contributed by atoms with van der Waals surface area (Å²) in [6.45, 7) is 3.68. The van der Waals surface area contributed by atoms with E-state index in [1.807, 2.05) is 0 Å². The lowest BCUT2D eigenvalue weighted by Gasteiger charge is -2.37. The van der Waals surface area contributed by atoms with Gasteiger partial charge in [0.1, 0.15) is 0 Å². The number of nitrogens with zero attached hydrogens (tertiary/aromatic N) is 1. The summed E-state index contributed by atoms with van der Waals surface area (Å²) < 4.78 is 0. The van der Waals surface area contributed by atoms with Crippen molar-refractivity contribution in [1.82, 2.24) is 10.2 Å². The molecular weight excluding hydrogens is 294 g/mol. The first-order valence-corrected chi connectivity index (χ1v) is 8.73. The molecule has 0 aromatic rings. The summed E-state index contributed by atoms with van der Waals surface area (Å²) in [4.78, 5) is 14.1. The highest BCUT2D eigenvalue weighted by molar-refractivity contribution is 7.99. The third-order valence-electron chi connectivity index (χ3n) is 4.17. The first-order chi connectivity index (χ1) is 9.29. The number of thioether (sulfide) groups is 1. The molecule has 2 rings (SSSR count). The number of amides is 1. The van der Waals surface area contributed by atoms with Crippen molar-refractivity contribution in [2.45, 2.75) is 38.1 Å². The molecule has 6 heteroatoms. The van der Waals surface area contributed by atoms with Gasteiger partial charge in [-0.2, -0.15) is 11.8 Å². The summed E-state index contributed by atoms with van der Waals surface area (Å²) >= 11 is 2.09. The summed E-state index contributed by atoms with van der Waals surface area (Å²) in [6.07, 6.45) is 5.66. The summed E-state index contributed by atoms with van der Waals surface area (Å²) in [6, 6.07) is 0.543. The topological polar surface area (TPSA) is 58.4 Å². The van der Waals surface area contributed by atoms with E-state index in [0.29, 0.717) is 19.0 Å². The van der Waals surface area contributed by atoms with E-state index in [9.17, 15) is 4.79 Å². The number of rotatable bonds is 6. The molecule has 2 unspecified atom stereocenters. The molecule has 1 amide bonds. The number of nitrogens with two attached hydrogens (primary N) is 1. The lowest BCUT2D eigenvalue weighted by molar-refractivity contribution is -0.121. The maximum Gasteiger partial charge on any atom is 0.221 e. The second kappa shape index (κ2) is 9.87. The molecule has 20 heavy (non-hydrogen) atoms. The molecule has 2 heterocycles. The van der Waals surface area contributed by atoms with Gasteiger partial charge < -0.3 is 11.1 Å². The molecule has 0 bridgehead atoms. The van der Waals surface area contributed by atoms with Gasteiger partial charge in [0, 0.05) is 32.1 Å². The molecule has 0 saturated carbocycles. The van der Waals surface area contributed by atoms with Gasteiger partial charge in [-0.1, -0.05) is 6.42 Å². The van der Waals surface area contributed by atoms with E-state index in [4.69, 9.17) is 5.73 Å². The van der Waals surface area contributed by atoms with E-state index < -0.39 is 0 Å². The SMILES string of the molecule is Cl.NCCC(=O)NCC1CCCCN1CC1CCSC1. The number of carbonyl (C=O) groups excluding carboxylic acids is 1. The van der Waals surface area contributed by atoms with Crippen molar-refractivity contribution in [3.8, 4) is 0 Å². The molecule has 2 aliphatic heterocycles. The van der Waals surface area contributed by atoms with Crippen LogP contribution in [-0.2, 0) is 4.79 Å². The van der Waals surface area contributed by atoms with Crippen LogP contribution in [0.3, 0.4) is 0 Å². The van der Waals surface area contributed by atoms with Gasteiger partial charge in [-0.3, -0.25) is 9.69 Å². The van der Waals surface area contributed by atoms with Crippen LogP contribution in [0.1, 0.15) is 32.1 Å². The van der Waals surface area contributed by atoms with Crippen LogP contribution in [0.25, 0.3) is 0 Å². The Kier molecular flexibility index (Phi) is 8.93. The molecule has 0 aromatic carbocycles. The van der Waals surface area contributed by atoms with E-state index in [0.717, 1.165) is 12.5 Å². The monoisotopic (exact) mass is 321 g/mol. The number of hydrogen-bond donors (Lipinski definition) is 2. The zero-order valence-corrected chi connectivity index (χ0v) is 13.8. The number of carbonyl (C=O) groups is 1. The smallest absolute Gasteiger partial charge is 0.221 e. The summed E-state index contributed by atoms with van der Waals surface area (Å²) in [5, 5.41) is 3.04. The van der Waals surface area contributed by atoms with Crippen molar-refractivity contribution in [2.75, 3.05) is 37.7 Å². The predicted molar refractivity (Wildman–Crippen MR) is 88.6 cm³/mol. The van der Waals surface area contributed by atoms with Gasteiger partial charge in [0.2, 0.25) is 5.91 Å². The molecule has 3 N–H and O–H groups in total. The number of piperidine rings is 1. The first-order valence-electron chi connectivity index (χ1n) is 7.58. The Morgan fingerprint density at radius 3 is 2.90 bits per heavy atom. The maximum atomic E-state index is 11.5. The normalized spacial score (nSPS) is 27.1. The largest absolute Gasteiger partial charge is 0.354 e. The van der Waals surface area contributed by atoms with Crippen molar-refractivity contribution in [1.29, 1.82) is 0 Å². The fraction of sp³-hybridized carbons (Fsp3) is 0.929. The Hall–Kier alpha value is 0.0300. The third-order valence-corrected chi connectivity index (χ3v) is 5.40. The molecule has 2 atom stereocenters. The Morgan fingerprint density at radius 2 is 2.20 bits per heavy atom. The number of halogens is 1. The van der Waals surface area contributed by atoms with Crippen LogP contribution >= 0.6 is 24.2 Å². The zero-order valence-electron chi connectivity index (χ0n) is 12.2. The standard InChI is InChI=1S/C14H27N3OS.ClH/c15-6-4-14(18)16-9-13-3-1-2-7-17(13)10-12-5-8-19-11-12;/h12-13H,1-11,15H2,(H,16,18);1H. The minimum Gasteiger partial charge on any atom is -0.354 e. The van der Waals surface area contributed by atoms with Crippen LogP contribution in [0.2, 0.25) is 0 Å². The molecule has 0 radical (unpaired) electrons. The van der Waals surface area contributed by atoms with Gasteiger partial charge in [-0.25, -0.2) is 0 Å². The van der Waals surface area contributed by atoms with Crippen molar-refractivity contribution in [3.63, 3.8) is 0 Å². The van der Waals surface area contributed by atoms with Gasteiger partial charge in [-0.15, -0.1) is 12.4 Å². The molecule has 0 aromatic heterocycles. The Bertz CT molecular complexity index is 288. The van der Waals surface area contributed by atoms with E-state index in [2.05, 4.69) is 22.0 Å². The maximum absolute atomic E-state index is 11.5. The fourth-order valence-corrected chi connectivity index (χ4v) is 4.31. The van der Waals surface area contributed by atoms with E-state index >= 15 is 0 Å². The van der Waals surface area contributed by atoms with Gasteiger partial charge in [0.05, 0.1) is 0 Å². The minimum atomic E-state index is 0. The number of hydrogen-bond acceptors (Lipinski definition) is 4. The first kappa shape index (κ1) is 18.1. The molecular formula is C14H28ClN3OS. The van der Waals surface area contributed by atoms with Crippen molar-refractivity contribution < 1.29 is 4.79 Å². The third kappa shape index (κ3) is 5.80. The Labute approximate surface area is 133 Å². The summed E-state index contributed by atoms with van der Waals surface area (Å²) in [5.41, 5.74) is 5.40. The highest BCUT2D eigenvalue weighted by atomic mass is 35.5. The van der Waals surface area contributed by atoms with Crippen molar-refractivity contribution in [2.24, 2.45) is 11.7 Å². The quantitative estimate of drug-likeness (QED) is 0.778. The van der Waals surface area contributed by atoms with Gasteiger partial charge in [0.25, 0.3) is 0 Å². The second-order valence-electron chi connectivity index (χ2n) is 5.72. The summed E-state index contributed by atoms with van der Waals surface area (Å²) in [5.74, 6) is 3.62. The lowest BCUT2D eigenvalue weighted by Crippen LogP contribution is -2.48. The second-order valence-corrected chi connectivity index (χ2v) is 6.87. The molecule has 0 aliphatic carbocycles. The molecule has 118 valence electrons. The van der Waals surface area contributed by atoms with Gasteiger partial charge in [0.15, 0.2) is 0 Å². The van der Waals surface area contributed by atoms with Crippen LogP contribution in [0.15, 0.2) is 0 Å². The van der Waals surface area contributed by atoms with Crippen molar-refractivity contribution in [3.05, 3.63) is 0 Å². The average molecular weight is 322 g/mol. The van der Waals surface area contributed by atoms with Crippen molar-refractivity contribution >= 4 is 30.1 Å². The van der Waals surface area contributed by atoms with E-state index in [1.54, 1.807) is 0 Å². The highest BCUT2D eigenvalue weighted by Crippen LogP contribution is 2.26. The molecule has 0 spiro atoms. The highest BCUT2D eigenvalue weighted by Gasteiger charge is 2.26. The zero-order chi connectivity index (χ0) is 13.5. The van der Waals surface area contributed by atoms with Crippen LogP contribution in [-0.4, -0.2) is 54.5 Å². The molecule has 4 nitrogen and oxygen atoms in total. The van der Waals surface area contributed by atoms with E-state index in [1.165, 1.54) is 50.3 Å². The van der Waals surface area contributed by atoms with Crippen LogP contribution in [0.4, 0.5) is 0 Å². The Morgan fingerprint density at radius 1 is 1.35 bits per heavy atom. The van der Waals surface area contributed by atoms with Gasteiger partial charge >= 0.3 is 0 Å². The molecule has 2 saturated heterocycles. The number of nitrogens with one attached hydrogen (secondary N) is 1. The predicted octanol–water partition coefficient (Wildman–Crippen LogP) is 1.48. The fourth-order valence-electron chi connectivity index (χ4n) is 3.04. The van der Waals surface area contributed by atoms with Crippen LogP contribution in [0, 0.1) is 5.92 Å². The number of likely N-dealkylation sites (tertiary alicyclic amines) is 1. The Balaban J connectivity index is 0.00000200. The molecule has 2 fully saturated rings. The lowest BCUT2D eigenvalue weighted by atomic mass is 9.99. The minimum absolute atomic E-state index is 0. The van der Waals surface area contributed by atoms with E-state index in [-0.39, 0.29) is 18.3 Å².